The quantitative estimate of drug-likeness (QED) is 0.0263. The Hall–Kier alpha value is -3.41. The lowest BCUT2D eigenvalue weighted by Gasteiger charge is -2.18. The molecular weight excluding hydrogens is 769 g/mol. The number of carbonyl (C=O) groups is 3. The van der Waals surface area contributed by atoms with Crippen LogP contribution in [0.5, 0.6) is 0 Å². The second-order valence-corrected chi connectivity index (χ2v) is 16.7. The van der Waals surface area contributed by atoms with Crippen LogP contribution in [0.1, 0.15) is 233 Å². The fourth-order valence-electron chi connectivity index (χ4n) is 6.76. The number of hydrogen-bond acceptors (Lipinski definition) is 6. The first kappa shape index (κ1) is 58.6. The molecule has 0 aliphatic heterocycles. The van der Waals surface area contributed by atoms with E-state index in [2.05, 4.69) is 106 Å². The molecule has 0 aliphatic carbocycles. The van der Waals surface area contributed by atoms with E-state index in [1.807, 2.05) is 0 Å². The minimum atomic E-state index is -0.797. The molecule has 0 spiro atoms. The molecular formula is C56H94O6. The molecule has 0 fully saturated rings. The van der Waals surface area contributed by atoms with E-state index in [0.717, 1.165) is 128 Å². The van der Waals surface area contributed by atoms with Gasteiger partial charge in [0.1, 0.15) is 13.2 Å². The first-order valence-electron chi connectivity index (χ1n) is 25.6. The number of hydrogen-bond donors (Lipinski definition) is 0. The third kappa shape index (κ3) is 47.6. The summed E-state index contributed by atoms with van der Waals surface area (Å²) >= 11 is 0. The highest BCUT2D eigenvalue weighted by molar-refractivity contribution is 5.71. The minimum Gasteiger partial charge on any atom is -0.462 e. The van der Waals surface area contributed by atoms with Crippen LogP contribution in [0.4, 0.5) is 0 Å². The highest BCUT2D eigenvalue weighted by Gasteiger charge is 2.19. The Morgan fingerprint density at radius 3 is 1.08 bits per heavy atom. The van der Waals surface area contributed by atoms with Crippen LogP contribution in [0.3, 0.4) is 0 Å². The topological polar surface area (TPSA) is 78.9 Å². The molecule has 0 saturated carbocycles. The van der Waals surface area contributed by atoms with Gasteiger partial charge in [0, 0.05) is 19.3 Å². The van der Waals surface area contributed by atoms with Crippen molar-refractivity contribution in [3.8, 4) is 0 Å². The van der Waals surface area contributed by atoms with Gasteiger partial charge in [0.2, 0.25) is 0 Å². The predicted octanol–water partition coefficient (Wildman–Crippen LogP) is 16.8. The highest BCUT2D eigenvalue weighted by atomic mass is 16.6. The highest BCUT2D eigenvalue weighted by Crippen LogP contribution is 2.13. The van der Waals surface area contributed by atoms with Crippen LogP contribution in [-0.2, 0) is 28.6 Å². The molecule has 1 atom stereocenters. The normalized spacial score (nSPS) is 12.8. The molecule has 0 aromatic heterocycles. The maximum Gasteiger partial charge on any atom is 0.306 e. The molecule has 0 saturated heterocycles. The van der Waals surface area contributed by atoms with Gasteiger partial charge in [-0.05, 0) is 109 Å². The summed E-state index contributed by atoms with van der Waals surface area (Å²) in [5.41, 5.74) is 0. The SMILES string of the molecule is CC/C=C\C/C=C\C/C=C\C/C=C\C/C=C\CCCCCC(=O)OCC(COC(=O)CCCCCCC/C=C\CCC)OC(=O)CCCCCCC/C=C\CCCCCCCC. The zero-order valence-corrected chi connectivity index (χ0v) is 40.4. The summed E-state index contributed by atoms with van der Waals surface area (Å²) in [6, 6.07) is 0. The zero-order valence-electron chi connectivity index (χ0n) is 40.4. The van der Waals surface area contributed by atoms with Crippen LogP contribution >= 0.6 is 0 Å². The molecule has 0 aromatic carbocycles. The first-order chi connectivity index (χ1) is 30.5. The Morgan fingerprint density at radius 2 is 0.661 bits per heavy atom. The molecule has 0 bridgehead atoms. The van der Waals surface area contributed by atoms with E-state index in [1.54, 1.807) is 0 Å². The molecule has 0 aromatic rings. The van der Waals surface area contributed by atoms with Gasteiger partial charge in [-0.3, -0.25) is 14.4 Å². The molecule has 0 rings (SSSR count). The third-order valence-corrected chi connectivity index (χ3v) is 10.6. The van der Waals surface area contributed by atoms with E-state index in [9.17, 15) is 14.4 Å². The smallest absolute Gasteiger partial charge is 0.306 e. The van der Waals surface area contributed by atoms with Gasteiger partial charge in [0.25, 0.3) is 0 Å². The largest absolute Gasteiger partial charge is 0.462 e. The fraction of sp³-hybridized carbons (Fsp3) is 0.696. The van der Waals surface area contributed by atoms with Crippen LogP contribution in [0, 0.1) is 0 Å². The van der Waals surface area contributed by atoms with E-state index in [1.165, 1.54) is 64.2 Å². The Kier molecular flexibility index (Phi) is 47.5. The average molecular weight is 863 g/mol. The Balaban J connectivity index is 4.43. The lowest BCUT2D eigenvalue weighted by atomic mass is 10.1. The maximum atomic E-state index is 12.8. The molecule has 0 heterocycles. The van der Waals surface area contributed by atoms with Crippen molar-refractivity contribution in [3.05, 3.63) is 85.1 Å². The van der Waals surface area contributed by atoms with Gasteiger partial charge in [0.05, 0.1) is 0 Å². The van der Waals surface area contributed by atoms with Crippen molar-refractivity contribution in [1.29, 1.82) is 0 Å². The van der Waals surface area contributed by atoms with E-state index in [-0.39, 0.29) is 31.1 Å². The number of ether oxygens (including phenoxy) is 3. The molecule has 1 unspecified atom stereocenters. The molecule has 0 radical (unpaired) electrons. The van der Waals surface area contributed by atoms with Gasteiger partial charge >= 0.3 is 17.9 Å². The summed E-state index contributed by atoms with van der Waals surface area (Å²) in [5, 5.41) is 0. The van der Waals surface area contributed by atoms with Crippen LogP contribution in [0.25, 0.3) is 0 Å². The van der Waals surface area contributed by atoms with E-state index < -0.39 is 6.10 Å². The summed E-state index contributed by atoms with van der Waals surface area (Å²) in [4.78, 5) is 37.9. The number of rotatable bonds is 45. The average Bonchev–Trinajstić information content (AvgIpc) is 3.27. The number of unbranched alkanes of at least 4 members (excludes halogenated alkanes) is 20. The number of esters is 3. The molecule has 6 nitrogen and oxygen atoms in total. The first-order valence-corrected chi connectivity index (χ1v) is 25.6. The predicted molar refractivity (Wildman–Crippen MR) is 265 cm³/mol. The number of carbonyl (C=O) groups excluding carboxylic acids is 3. The second kappa shape index (κ2) is 50.2. The fourth-order valence-corrected chi connectivity index (χ4v) is 6.76. The van der Waals surface area contributed by atoms with Crippen molar-refractivity contribution < 1.29 is 28.6 Å². The van der Waals surface area contributed by atoms with E-state index in [4.69, 9.17) is 14.2 Å². The molecule has 6 heteroatoms. The van der Waals surface area contributed by atoms with Gasteiger partial charge in [-0.1, -0.05) is 189 Å². The van der Waals surface area contributed by atoms with Gasteiger partial charge in [0.15, 0.2) is 6.10 Å². The van der Waals surface area contributed by atoms with Crippen LogP contribution in [-0.4, -0.2) is 37.2 Å². The van der Waals surface area contributed by atoms with Crippen molar-refractivity contribution >= 4 is 17.9 Å². The second-order valence-electron chi connectivity index (χ2n) is 16.7. The molecule has 354 valence electrons. The summed E-state index contributed by atoms with van der Waals surface area (Å²) in [6.07, 6.45) is 64.2. The summed E-state index contributed by atoms with van der Waals surface area (Å²) in [7, 11) is 0. The zero-order chi connectivity index (χ0) is 45.1. The summed E-state index contributed by atoms with van der Waals surface area (Å²) in [5.74, 6) is -0.950. The van der Waals surface area contributed by atoms with Crippen molar-refractivity contribution in [1.82, 2.24) is 0 Å². The van der Waals surface area contributed by atoms with Crippen molar-refractivity contribution in [2.24, 2.45) is 0 Å². The van der Waals surface area contributed by atoms with Gasteiger partial charge in [-0.15, -0.1) is 0 Å². The molecule has 0 aliphatic rings. The Bertz CT molecular complexity index is 1220. The van der Waals surface area contributed by atoms with Crippen molar-refractivity contribution in [2.75, 3.05) is 13.2 Å². The van der Waals surface area contributed by atoms with Gasteiger partial charge in [-0.25, -0.2) is 0 Å². The third-order valence-electron chi connectivity index (χ3n) is 10.6. The van der Waals surface area contributed by atoms with Crippen LogP contribution in [0.2, 0.25) is 0 Å². The van der Waals surface area contributed by atoms with Crippen molar-refractivity contribution in [3.63, 3.8) is 0 Å². The van der Waals surface area contributed by atoms with Crippen LogP contribution in [0.15, 0.2) is 85.1 Å². The Morgan fingerprint density at radius 1 is 0.339 bits per heavy atom. The van der Waals surface area contributed by atoms with E-state index in [0.29, 0.717) is 19.3 Å². The van der Waals surface area contributed by atoms with Gasteiger partial charge in [-0.2, -0.15) is 0 Å². The lowest BCUT2D eigenvalue weighted by Crippen LogP contribution is -2.30. The lowest BCUT2D eigenvalue weighted by molar-refractivity contribution is -0.167. The molecule has 62 heavy (non-hydrogen) atoms. The number of allylic oxidation sites excluding steroid dienone is 14. The maximum absolute atomic E-state index is 12.8. The molecule has 0 N–H and O–H groups in total. The monoisotopic (exact) mass is 863 g/mol. The Labute approximate surface area is 382 Å². The summed E-state index contributed by atoms with van der Waals surface area (Å²) in [6.45, 7) is 6.41. The standard InChI is InChI=1S/C56H94O6/c1-4-7-10-13-16-19-22-24-26-27-28-29-31-32-34-37-40-43-46-49-55(58)61-52-53(51-60-54(57)48-45-42-39-36-21-18-15-12-9-6-3)62-56(59)50-47-44-41-38-35-33-30-25-23-20-17-14-11-8-5-2/h7,10,12,15-16,19,24-26,28-30,32,34,53H,4-6,8-9,11,13-14,17-18,20-23,27,31,33,35-52H2,1-3H3/b10-7-,15-12-,19-16-,26-24-,29-28-,30-25-,34-32-. The summed E-state index contributed by atoms with van der Waals surface area (Å²) < 4.78 is 16.7. The molecule has 0 amide bonds. The van der Waals surface area contributed by atoms with Gasteiger partial charge < -0.3 is 14.2 Å². The van der Waals surface area contributed by atoms with Crippen LogP contribution < -0.4 is 0 Å². The van der Waals surface area contributed by atoms with E-state index >= 15 is 0 Å². The minimum absolute atomic E-state index is 0.0957. The van der Waals surface area contributed by atoms with Crippen molar-refractivity contribution in [2.45, 2.75) is 239 Å².